The fourth-order valence-electron chi connectivity index (χ4n) is 2.70. The van der Waals surface area contributed by atoms with E-state index < -0.39 is 0 Å². The summed E-state index contributed by atoms with van der Waals surface area (Å²) in [5, 5.41) is 8.77. The van der Waals surface area contributed by atoms with Gasteiger partial charge in [-0.25, -0.2) is 0 Å². The van der Waals surface area contributed by atoms with Crippen LogP contribution >= 0.6 is 0 Å². The van der Waals surface area contributed by atoms with Crippen LogP contribution in [0.3, 0.4) is 0 Å². The Bertz CT molecular complexity index is 195. The zero-order valence-electron chi connectivity index (χ0n) is 9.50. The standard InChI is InChI=1S/C12H22N2/c1-3-11-7-5-6-8-12(11)14(4-2)10-9-13/h11-12H,3-8,10H2,1-2H3. The molecular formula is C12H22N2. The molecule has 1 fully saturated rings. The summed E-state index contributed by atoms with van der Waals surface area (Å²) in [5.74, 6) is 0.831. The highest BCUT2D eigenvalue weighted by molar-refractivity contribution is 4.87. The number of hydrogen-bond acceptors (Lipinski definition) is 2. The molecule has 1 rings (SSSR count). The second kappa shape index (κ2) is 6.03. The molecule has 0 N–H and O–H groups in total. The van der Waals surface area contributed by atoms with Gasteiger partial charge in [0, 0.05) is 6.04 Å². The molecule has 2 atom stereocenters. The van der Waals surface area contributed by atoms with Gasteiger partial charge in [0.05, 0.1) is 12.6 Å². The normalized spacial score (nSPS) is 27.6. The molecule has 80 valence electrons. The highest BCUT2D eigenvalue weighted by Crippen LogP contribution is 2.30. The Kier molecular flexibility index (Phi) is 4.97. The summed E-state index contributed by atoms with van der Waals surface area (Å²) in [7, 11) is 0. The van der Waals surface area contributed by atoms with Gasteiger partial charge in [-0.3, -0.25) is 4.90 Å². The number of nitrogens with zero attached hydrogens (tertiary/aromatic N) is 2. The predicted molar refractivity (Wildman–Crippen MR) is 58.9 cm³/mol. The van der Waals surface area contributed by atoms with Gasteiger partial charge in [0.15, 0.2) is 0 Å². The maximum Gasteiger partial charge on any atom is 0.0868 e. The number of nitriles is 1. The summed E-state index contributed by atoms with van der Waals surface area (Å²) in [4.78, 5) is 2.35. The van der Waals surface area contributed by atoms with Crippen molar-refractivity contribution in [3.8, 4) is 6.07 Å². The van der Waals surface area contributed by atoms with Crippen molar-refractivity contribution in [1.82, 2.24) is 4.90 Å². The third kappa shape index (κ3) is 2.72. The Morgan fingerprint density at radius 3 is 2.57 bits per heavy atom. The highest BCUT2D eigenvalue weighted by Gasteiger charge is 2.27. The summed E-state index contributed by atoms with van der Waals surface area (Å²) < 4.78 is 0. The molecule has 0 aromatic heterocycles. The van der Waals surface area contributed by atoms with Gasteiger partial charge in [-0.2, -0.15) is 5.26 Å². The van der Waals surface area contributed by atoms with Crippen LogP contribution in [0.25, 0.3) is 0 Å². The largest absolute Gasteiger partial charge is 0.288 e. The SMILES string of the molecule is CCC1CCCCC1N(CC)CC#N. The van der Waals surface area contributed by atoms with Crippen molar-refractivity contribution >= 4 is 0 Å². The second-order valence-corrected chi connectivity index (χ2v) is 4.24. The summed E-state index contributed by atoms with van der Waals surface area (Å²) in [6.45, 7) is 6.08. The quantitative estimate of drug-likeness (QED) is 0.643. The van der Waals surface area contributed by atoms with Gasteiger partial charge < -0.3 is 0 Å². The molecule has 1 aliphatic carbocycles. The molecule has 0 amide bonds. The average molecular weight is 194 g/mol. The van der Waals surface area contributed by atoms with Crippen molar-refractivity contribution in [2.45, 2.75) is 52.0 Å². The first-order chi connectivity index (χ1) is 6.83. The van der Waals surface area contributed by atoms with Gasteiger partial charge in [-0.15, -0.1) is 0 Å². The molecule has 0 radical (unpaired) electrons. The van der Waals surface area contributed by atoms with Crippen LogP contribution in [0.1, 0.15) is 46.0 Å². The first-order valence-corrected chi connectivity index (χ1v) is 5.94. The zero-order chi connectivity index (χ0) is 10.4. The average Bonchev–Trinajstić information content (AvgIpc) is 2.26. The fraction of sp³-hybridized carbons (Fsp3) is 0.917. The van der Waals surface area contributed by atoms with E-state index in [9.17, 15) is 0 Å². The van der Waals surface area contributed by atoms with Crippen molar-refractivity contribution in [3.05, 3.63) is 0 Å². The number of rotatable bonds is 4. The molecule has 2 nitrogen and oxygen atoms in total. The minimum Gasteiger partial charge on any atom is -0.288 e. The topological polar surface area (TPSA) is 27.0 Å². The highest BCUT2D eigenvalue weighted by atomic mass is 15.1. The monoisotopic (exact) mass is 194 g/mol. The van der Waals surface area contributed by atoms with Gasteiger partial charge in [-0.1, -0.05) is 33.1 Å². The molecule has 0 saturated heterocycles. The zero-order valence-corrected chi connectivity index (χ0v) is 9.50. The van der Waals surface area contributed by atoms with Crippen LogP contribution in [-0.2, 0) is 0 Å². The Hall–Kier alpha value is -0.550. The molecule has 1 saturated carbocycles. The molecule has 2 heteroatoms. The molecular weight excluding hydrogens is 172 g/mol. The molecule has 0 spiro atoms. The molecule has 0 bridgehead atoms. The van der Waals surface area contributed by atoms with E-state index in [0.29, 0.717) is 12.6 Å². The third-order valence-corrected chi connectivity index (χ3v) is 3.54. The van der Waals surface area contributed by atoms with Gasteiger partial charge >= 0.3 is 0 Å². The summed E-state index contributed by atoms with van der Waals surface area (Å²) >= 11 is 0. The van der Waals surface area contributed by atoms with Crippen molar-refractivity contribution in [3.63, 3.8) is 0 Å². The van der Waals surface area contributed by atoms with Crippen LogP contribution in [0.5, 0.6) is 0 Å². The Morgan fingerprint density at radius 1 is 1.29 bits per heavy atom. The van der Waals surface area contributed by atoms with Crippen LogP contribution in [0.4, 0.5) is 0 Å². The summed E-state index contributed by atoms with van der Waals surface area (Å²) in [6, 6.07) is 2.97. The van der Waals surface area contributed by atoms with Crippen molar-refractivity contribution in [2.75, 3.05) is 13.1 Å². The van der Waals surface area contributed by atoms with E-state index in [4.69, 9.17) is 5.26 Å². The van der Waals surface area contributed by atoms with Crippen LogP contribution in [0, 0.1) is 17.2 Å². The summed E-state index contributed by atoms with van der Waals surface area (Å²) in [6.07, 6.45) is 6.67. The molecule has 0 aromatic carbocycles. The van der Waals surface area contributed by atoms with Crippen LogP contribution in [0.15, 0.2) is 0 Å². The van der Waals surface area contributed by atoms with Gasteiger partial charge in [0.2, 0.25) is 0 Å². The van der Waals surface area contributed by atoms with Gasteiger partial charge in [0.25, 0.3) is 0 Å². The third-order valence-electron chi connectivity index (χ3n) is 3.54. The van der Waals surface area contributed by atoms with E-state index in [0.717, 1.165) is 12.5 Å². The van der Waals surface area contributed by atoms with E-state index in [2.05, 4.69) is 24.8 Å². The molecule has 0 aliphatic heterocycles. The Morgan fingerprint density at radius 2 is 2.00 bits per heavy atom. The van der Waals surface area contributed by atoms with Gasteiger partial charge in [0.1, 0.15) is 0 Å². The predicted octanol–water partition coefficient (Wildman–Crippen LogP) is 2.80. The first kappa shape index (κ1) is 11.5. The van der Waals surface area contributed by atoms with E-state index >= 15 is 0 Å². The second-order valence-electron chi connectivity index (χ2n) is 4.24. The lowest BCUT2D eigenvalue weighted by atomic mass is 9.82. The van der Waals surface area contributed by atoms with Gasteiger partial charge in [-0.05, 0) is 25.3 Å². The molecule has 1 aliphatic rings. The van der Waals surface area contributed by atoms with E-state index in [-0.39, 0.29) is 0 Å². The van der Waals surface area contributed by atoms with E-state index in [1.165, 1.54) is 32.1 Å². The Labute approximate surface area is 87.9 Å². The fourth-order valence-corrected chi connectivity index (χ4v) is 2.70. The van der Waals surface area contributed by atoms with Crippen LogP contribution < -0.4 is 0 Å². The maximum absolute atomic E-state index is 8.77. The minimum atomic E-state index is 0.609. The first-order valence-electron chi connectivity index (χ1n) is 5.94. The van der Waals surface area contributed by atoms with Crippen molar-refractivity contribution < 1.29 is 0 Å². The van der Waals surface area contributed by atoms with Crippen LogP contribution in [0.2, 0.25) is 0 Å². The van der Waals surface area contributed by atoms with E-state index in [1.54, 1.807) is 0 Å². The summed E-state index contributed by atoms with van der Waals surface area (Å²) in [5.41, 5.74) is 0. The lowest BCUT2D eigenvalue weighted by molar-refractivity contribution is 0.119. The number of hydrogen-bond donors (Lipinski definition) is 0. The van der Waals surface area contributed by atoms with Crippen molar-refractivity contribution in [1.29, 1.82) is 5.26 Å². The van der Waals surface area contributed by atoms with Crippen molar-refractivity contribution in [2.24, 2.45) is 5.92 Å². The lowest BCUT2D eigenvalue weighted by Crippen LogP contribution is -2.42. The van der Waals surface area contributed by atoms with Crippen LogP contribution in [-0.4, -0.2) is 24.0 Å². The minimum absolute atomic E-state index is 0.609. The smallest absolute Gasteiger partial charge is 0.0868 e. The molecule has 0 heterocycles. The Balaban J connectivity index is 2.56. The maximum atomic E-state index is 8.77. The molecule has 2 unspecified atom stereocenters. The lowest BCUT2D eigenvalue weighted by Gasteiger charge is -2.38. The van der Waals surface area contributed by atoms with E-state index in [1.807, 2.05) is 0 Å². The molecule has 14 heavy (non-hydrogen) atoms. The molecule has 0 aromatic rings.